The molecule has 1 fully saturated rings. The van der Waals surface area contributed by atoms with E-state index in [1.54, 1.807) is 12.1 Å². The molecule has 3 aromatic carbocycles. The first-order chi connectivity index (χ1) is 15.9. The fraction of sp³-hybridized carbons (Fsp3) is 0.385. The van der Waals surface area contributed by atoms with E-state index in [0.717, 1.165) is 25.7 Å². The number of nitrogens with one attached hydrogen (secondary N) is 2. The zero-order valence-corrected chi connectivity index (χ0v) is 20.2. The van der Waals surface area contributed by atoms with E-state index < -0.39 is 10.0 Å². The Morgan fingerprint density at radius 1 is 0.909 bits per heavy atom. The predicted octanol–water partition coefficient (Wildman–Crippen LogP) is 4.80. The highest BCUT2D eigenvalue weighted by atomic mass is 32.2. The van der Waals surface area contributed by atoms with E-state index in [0.29, 0.717) is 11.5 Å². The Bertz CT molecular complexity index is 1210. The molecule has 1 saturated carbocycles. The van der Waals surface area contributed by atoms with Gasteiger partial charge in [-0.25, -0.2) is 13.1 Å². The van der Waals surface area contributed by atoms with E-state index >= 15 is 0 Å². The van der Waals surface area contributed by atoms with E-state index in [1.165, 1.54) is 36.6 Å². The third kappa shape index (κ3) is 5.16. The summed E-state index contributed by atoms with van der Waals surface area (Å²) in [7, 11) is -0.813. The summed E-state index contributed by atoms with van der Waals surface area (Å²) in [6.45, 7) is 2.15. The highest BCUT2D eigenvalue weighted by Crippen LogP contribution is 2.31. The van der Waals surface area contributed by atoms with Crippen LogP contribution in [0.1, 0.15) is 44.2 Å². The second kappa shape index (κ2) is 10.1. The van der Waals surface area contributed by atoms with Gasteiger partial charge in [0.2, 0.25) is 10.0 Å². The molecule has 3 atom stereocenters. The van der Waals surface area contributed by atoms with Crippen molar-refractivity contribution in [3.63, 3.8) is 0 Å². The van der Waals surface area contributed by atoms with Crippen molar-refractivity contribution in [1.82, 2.24) is 10.0 Å². The maximum Gasteiger partial charge on any atom is 0.244 e. The smallest absolute Gasteiger partial charge is 0.244 e. The van der Waals surface area contributed by atoms with E-state index in [4.69, 9.17) is 9.47 Å². The van der Waals surface area contributed by atoms with E-state index in [-0.39, 0.29) is 23.0 Å². The largest absolute Gasteiger partial charge is 0.497 e. The van der Waals surface area contributed by atoms with Gasteiger partial charge in [0.05, 0.1) is 14.2 Å². The summed E-state index contributed by atoms with van der Waals surface area (Å²) >= 11 is 0. The van der Waals surface area contributed by atoms with Gasteiger partial charge in [-0.2, -0.15) is 0 Å². The van der Waals surface area contributed by atoms with Crippen molar-refractivity contribution in [1.29, 1.82) is 0 Å². The molecule has 0 heterocycles. The summed E-state index contributed by atoms with van der Waals surface area (Å²) in [4.78, 5) is 0.0933. The lowest BCUT2D eigenvalue weighted by Crippen LogP contribution is -2.52. The summed E-state index contributed by atoms with van der Waals surface area (Å²) in [6, 6.07) is 19.4. The van der Waals surface area contributed by atoms with E-state index in [9.17, 15) is 8.42 Å². The normalized spacial score (nSPS) is 19.8. The van der Waals surface area contributed by atoms with Gasteiger partial charge in [0.1, 0.15) is 16.4 Å². The van der Waals surface area contributed by atoms with Crippen LogP contribution in [0.15, 0.2) is 65.6 Å². The lowest BCUT2D eigenvalue weighted by Gasteiger charge is -2.35. The molecular formula is C26H32N2O4S. The summed E-state index contributed by atoms with van der Waals surface area (Å²) < 4.78 is 40.2. The van der Waals surface area contributed by atoms with Crippen molar-refractivity contribution >= 4 is 20.8 Å². The van der Waals surface area contributed by atoms with Crippen LogP contribution in [0, 0.1) is 0 Å². The molecule has 0 spiro atoms. The molecule has 33 heavy (non-hydrogen) atoms. The lowest BCUT2D eigenvalue weighted by atomic mass is 9.89. The third-order valence-corrected chi connectivity index (χ3v) is 8.00. The van der Waals surface area contributed by atoms with Gasteiger partial charge >= 0.3 is 0 Å². The first kappa shape index (κ1) is 23.5. The fourth-order valence-corrected chi connectivity index (χ4v) is 6.26. The van der Waals surface area contributed by atoms with Crippen molar-refractivity contribution in [2.24, 2.45) is 0 Å². The summed E-state index contributed by atoms with van der Waals surface area (Å²) in [5, 5.41) is 6.14. The van der Waals surface area contributed by atoms with Crippen LogP contribution in [0.25, 0.3) is 10.8 Å². The van der Waals surface area contributed by atoms with Gasteiger partial charge in [-0.15, -0.1) is 0 Å². The molecule has 0 radical (unpaired) electrons. The summed E-state index contributed by atoms with van der Waals surface area (Å²) in [6.07, 6.45) is 3.76. The minimum atomic E-state index is -3.80. The molecular weight excluding hydrogens is 436 g/mol. The van der Waals surface area contributed by atoms with Crippen LogP contribution in [0.4, 0.5) is 0 Å². The van der Waals surface area contributed by atoms with Crippen LogP contribution in [-0.4, -0.2) is 34.7 Å². The van der Waals surface area contributed by atoms with Crippen molar-refractivity contribution in [2.45, 2.75) is 55.6 Å². The SMILES string of the molecule is COc1ccc(OC)c(S(=O)(=O)N[C@@H]2CCCC[C@H]2NC(C)c2cccc3ccccc23)c1. The number of rotatable bonds is 8. The van der Waals surface area contributed by atoms with Crippen LogP contribution < -0.4 is 19.5 Å². The van der Waals surface area contributed by atoms with Gasteiger partial charge < -0.3 is 14.8 Å². The predicted molar refractivity (Wildman–Crippen MR) is 131 cm³/mol. The number of methoxy groups -OCH3 is 2. The van der Waals surface area contributed by atoms with Gasteiger partial charge in [-0.1, -0.05) is 55.3 Å². The molecule has 2 N–H and O–H groups in total. The Balaban J connectivity index is 1.56. The second-order valence-electron chi connectivity index (χ2n) is 8.59. The quantitative estimate of drug-likeness (QED) is 0.497. The Hall–Kier alpha value is -2.61. The van der Waals surface area contributed by atoms with Crippen molar-refractivity contribution in [2.75, 3.05) is 14.2 Å². The number of ether oxygens (including phenoxy) is 2. The second-order valence-corrected chi connectivity index (χ2v) is 10.3. The Morgan fingerprint density at radius 3 is 2.39 bits per heavy atom. The molecule has 1 aliphatic carbocycles. The van der Waals surface area contributed by atoms with Crippen LogP contribution in [-0.2, 0) is 10.0 Å². The van der Waals surface area contributed by atoms with Crippen LogP contribution in [0.5, 0.6) is 11.5 Å². The molecule has 3 aromatic rings. The van der Waals surface area contributed by atoms with E-state index in [1.807, 2.05) is 6.07 Å². The monoisotopic (exact) mass is 468 g/mol. The number of fused-ring (bicyclic) bond motifs is 1. The molecule has 1 unspecified atom stereocenters. The fourth-order valence-electron chi connectivity index (χ4n) is 4.77. The zero-order chi connectivity index (χ0) is 23.4. The van der Waals surface area contributed by atoms with Crippen molar-refractivity contribution < 1.29 is 17.9 Å². The number of sulfonamides is 1. The van der Waals surface area contributed by atoms with Crippen molar-refractivity contribution in [3.8, 4) is 11.5 Å². The highest BCUT2D eigenvalue weighted by molar-refractivity contribution is 7.89. The van der Waals surface area contributed by atoms with Gasteiger partial charge in [-0.3, -0.25) is 0 Å². The zero-order valence-electron chi connectivity index (χ0n) is 19.4. The minimum Gasteiger partial charge on any atom is -0.497 e. The number of hydrogen-bond donors (Lipinski definition) is 2. The molecule has 1 aliphatic rings. The Morgan fingerprint density at radius 2 is 1.64 bits per heavy atom. The molecule has 4 rings (SSSR count). The standard InChI is InChI=1S/C26H32N2O4S/c1-18(21-12-8-10-19-9-4-5-11-22(19)21)27-23-13-6-7-14-24(23)28-33(29,30)26-17-20(31-2)15-16-25(26)32-3/h4-5,8-12,15-18,23-24,27-28H,6-7,13-14H2,1-3H3/t18?,23-,24-/m1/s1. The lowest BCUT2D eigenvalue weighted by molar-refractivity contribution is 0.291. The Labute approximate surface area is 196 Å². The van der Waals surface area contributed by atoms with E-state index in [2.05, 4.69) is 53.4 Å². The van der Waals surface area contributed by atoms with Gasteiger partial charge in [0, 0.05) is 24.2 Å². The van der Waals surface area contributed by atoms with Crippen LogP contribution in [0.3, 0.4) is 0 Å². The van der Waals surface area contributed by atoms with Crippen LogP contribution >= 0.6 is 0 Å². The maximum absolute atomic E-state index is 13.3. The highest BCUT2D eigenvalue weighted by Gasteiger charge is 2.32. The number of benzene rings is 3. The molecule has 0 aliphatic heterocycles. The maximum atomic E-state index is 13.3. The molecule has 0 saturated heterocycles. The average Bonchev–Trinajstić information content (AvgIpc) is 2.84. The van der Waals surface area contributed by atoms with Gasteiger partial charge in [-0.05, 0) is 48.2 Å². The molecule has 0 amide bonds. The molecule has 7 heteroatoms. The average molecular weight is 469 g/mol. The molecule has 0 bridgehead atoms. The minimum absolute atomic E-state index is 0.0269. The first-order valence-electron chi connectivity index (χ1n) is 11.4. The summed E-state index contributed by atoms with van der Waals surface area (Å²) in [5.74, 6) is 0.770. The topological polar surface area (TPSA) is 76.7 Å². The van der Waals surface area contributed by atoms with Gasteiger partial charge in [0.25, 0.3) is 0 Å². The molecule has 176 valence electrons. The number of hydrogen-bond acceptors (Lipinski definition) is 5. The van der Waals surface area contributed by atoms with Gasteiger partial charge in [0.15, 0.2) is 0 Å². The van der Waals surface area contributed by atoms with Crippen molar-refractivity contribution in [3.05, 3.63) is 66.2 Å². The van der Waals surface area contributed by atoms with Crippen LogP contribution in [0.2, 0.25) is 0 Å². The summed E-state index contributed by atoms with van der Waals surface area (Å²) in [5.41, 5.74) is 1.22. The molecule has 6 nitrogen and oxygen atoms in total. The Kier molecular flexibility index (Phi) is 7.22. The third-order valence-electron chi connectivity index (χ3n) is 6.49. The molecule has 0 aromatic heterocycles. The first-order valence-corrected chi connectivity index (χ1v) is 12.9.